The van der Waals surface area contributed by atoms with Crippen molar-refractivity contribution in [3.05, 3.63) is 42.5 Å². The molecule has 0 amide bonds. The van der Waals surface area contributed by atoms with E-state index >= 15 is 0 Å². The molecule has 3 N–H and O–H groups in total. The summed E-state index contributed by atoms with van der Waals surface area (Å²) in [5.41, 5.74) is 0.363. The van der Waals surface area contributed by atoms with Crippen LogP contribution in [0.25, 0.3) is 0 Å². The summed E-state index contributed by atoms with van der Waals surface area (Å²) in [7, 11) is 0. The van der Waals surface area contributed by atoms with Crippen molar-refractivity contribution in [3.63, 3.8) is 0 Å². The molecule has 0 aliphatic heterocycles. The van der Waals surface area contributed by atoms with Gasteiger partial charge in [0.25, 0.3) is 0 Å². The Morgan fingerprint density at radius 3 is 2.74 bits per heavy atom. The van der Waals surface area contributed by atoms with Gasteiger partial charge in [0.05, 0.1) is 5.69 Å². The van der Waals surface area contributed by atoms with Gasteiger partial charge in [-0.05, 0) is 18.6 Å². The Hall–Kier alpha value is -2.21. The normalized spacial score (nSPS) is 10.2. The Balaban J connectivity index is 2.05. The largest absolute Gasteiger partial charge is 0.396 e. The number of halogens is 1. The van der Waals surface area contributed by atoms with Gasteiger partial charge in [0, 0.05) is 19.2 Å². The van der Waals surface area contributed by atoms with Crippen molar-refractivity contribution in [2.24, 2.45) is 0 Å². The molecule has 19 heavy (non-hydrogen) atoms. The minimum absolute atomic E-state index is 0.123. The average molecular weight is 262 g/mol. The molecule has 2 aromatic rings. The first-order valence-electron chi connectivity index (χ1n) is 5.98. The molecule has 1 aromatic carbocycles. The van der Waals surface area contributed by atoms with E-state index in [2.05, 4.69) is 20.6 Å². The van der Waals surface area contributed by atoms with Gasteiger partial charge in [0.15, 0.2) is 0 Å². The van der Waals surface area contributed by atoms with Crippen LogP contribution in [0, 0.1) is 5.82 Å². The molecular formula is C13H15FN4O. The van der Waals surface area contributed by atoms with Crippen molar-refractivity contribution in [1.29, 1.82) is 0 Å². The highest BCUT2D eigenvalue weighted by Crippen LogP contribution is 2.18. The van der Waals surface area contributed by atoms with Crippen molar-refractivity contribution in [3.8, 4) is 0 Å². The van der Waals surface area contributed by atoms with Crippen LogP contribution in [0.5, 0.6) is 0 Å². The maximum absolute atomic E-state index is 13.5. The molecule has 0 spiro atoms. The van der Waals surface area contributed by atoms with Crippen molar-refractivity contribution in [2.45, 2.75) is 6.42 Å². The lowest BCUT2D eigenvalue weighted by Crippen LogP contribution is -2.06. The van der Waals surface area contributed by atoms with Crippen molar-refractivity contribution >= 4 is 17.3 Å². The summed E-state index contributed by atoms with van der Waals surface area (Å²) in [5, 5.41) is 14.6. The molecule has 0 fully saturated rings. The van der Waals surface area contributed by atoms with Crippen LogP contribution in [0.3, 0.4) is 0 Å². The minimum Gasteiger partial charge on any atom is -0.396 e. The monoisotopic (exact) mass is 262 g/mol. The summed E-state index contributed by atoms with van der Waals surface area (Å²) in [6.07, 6.45) is 2.03. The third-order valence-electron chi connectivity index (χ3n) is 2.44. The predicted octanol–water partition coefficient (Wildman–Crippen LogP) is 2.15. The Bertz CT molecular complexity index is 536. The number of benzene rings is 1. The zero-order valence-corrected chi connectivity index (χ0v) is 10.3. The van der Waals surface area contributed by atoms with Crippen LogP contribution in [0.1, 0.15) is 6.42 Å². The van der Waals surface area contributed by atoms with E-state index in [0.717, 1.165) is 0 Å². The highest BCUT2D eigenvalue weighted by molar-refractivity contribution is 5.59. The van der Waals surface area contributed by atoms with Gasteiger partial charge in [-0.15, -0.1) is 0 Å². The topological polar surface area (TPSA) is 70.1 Å². The van der Waals surface area contributed by atoms with Crippen molar-refractivity contribution in [1.82, 2.24) is 9.97 Å². The van der Waals surface area contributed by atoms with Gasteiger partial charge in [0.1, 0.15) is 23.8 Å². The highest BCUT2D eigenvalue weighted by Gasteiger charge is 2.03. The maximum Gasteiger partial charge on any atom is 0.146 e. The second-order valence-electron chi connectivity index (χ2n) is 3.90. The van der Waals surface area contributed by atoms with Crippen molar-refractivity contribution in [2.75, 3.05) is 23.8 Å². The molecule has 0 saturated carbocycles. The lowest BCUT2D eigenvalue weighted by molar-refractivity contribution is 0.292. The number of para-hydroxylation sites is 1. The molecule has 0 aliphatic carbocycles. The summed E-state index contributed by atoms with van der Waals surface area (Å²) >= 11 is 0. The summed E-state index contributed by atoms with van der Waals surface area (Å²) < 4.78 is 13.5. The highest BCUT2D eigenvalue weighted by atomic mass is 19.1. The lowest BCUT2D eigenvalue weighted by Gasteiger charge is -2.08. The first-order valence-corrected chi connectivity index (χ1v) is 5.98. The number of nitrogens with one attached hydrogen (secondary N) is 2. The summed E-state index contributed by atoms with van der Waals surface area (Å²) in [6.45, 7) is 0.741. The van der Waals surface area contributed by atoms with Gasteiger partial charge in [-0.3, -0.25) is 0 Å². The Kier molecular flexibility index (Phi) is 4.63. The number of rotatable bonds is 6. The Morgan fingerprint density at radius 1 is 1.16 bits per heavy atom. The quantitative estimate of drug-likeness (QED) is 0.696. The van der Waals surface area contributed by atoms with Crippen LogP contribution < -0.4 is 10.6 Å². The van der Waals surface area contributed by atoms with Gasteiger partial charge in [0.2, 0.25) is 0 Å². The summed E-state index contributed by atoms with van der Waals surface area (Å²) in [4.78, 5) is 8.06. The van der Waals surface area contributed by atoms with Gasteiger partial charge < -0.3 is 15.7 Å². The first-order chi connectivity index (χ1) is 9.29. The second-order valence-corrected chi connectivity index (χ2v) is 3.90. The standard InChI is InChI=1S/C13H15FN4O/c14-10-4-1-2-5-11(10)18-13-8-12(16-9-17-13)15-6-3-7-19/h1-2,4-5,8-9,19H,3,6-7H2,(H2,15,16,17,18). The zero-order valence-electron chi connectivity index (χ0n) is 10.3. The fourth-order valence-electron chi connectivity index (χ4n) is 1.52. The Labute approximate surface area is 110 Å². The first kappa shape index (κ1) is 13.2. The van der Waals surface area contributed by atoms with E-state index in [0.29, 0.717) is 30.3 Å². The van der Waals surface area contributed by atoms with Crippen LogP contribution in [-0.4, -0.2) is 28.2 Å². The molecule has 0 bridgehead atoms. The zero-order chi connectivity index (χ0) is 13.5. The second kappa shape index (κ2) is 6.65. The molecule has 0 atom stereocenters. The number of nitrogens with zero attached hydrogens (tertiary/aromatic N) is 2. The fourth-order valence-corrected chi connectivity index (χ4v) is 1.52. The maximum atomic E-state index is 13.5. The van der Waals surface area contributed by atoms with E-state index in [1.54, 1.807) is 24.3 Å². The predicted molar refractivity (Wildman–Crippen MR) is 71.9 cm³/mol. The Morgan fingerprint density at radius 2 is 1.95 bits per heavy atom. The molecule has 1 aromatic heterocycles. The van der Waals surface area contributed by atoms with E-state index in [4.69, 9.17) is 5.11 Å². The van der Waals surface area contributed by atoms with Crippen LogP contribution >= 0.6 is 0 Å². The molecule has 100 valence electrons. The van der Waals surface area contributed by atoms with E-state index in [-0.39, 0.29) is 12.4 Å². The number of aliphatic hydroxyl groups is 1. The van der Waals surface area contributed by atoms with Gasteiger partial charge in [-0.1, -0.05) is 12.1 Å². The molecule has 0 unspecified atom stereocenters. The van der Waals surface area contributed by atoms with Gasteiger partial charge in [-0.2, -0.15) is 0 Å². The van der Waals surface area contributed by atoms with Crippen molar-refractivity contribution < 1.29 is 9.50 Å². The molecule has 1 heterocycles. The van der Waals surface area contributed by atoms with E-state index in [1.165, 1.54) is 12.4 Å². The lowest BCUT2D eigenvalue weighted by atomic mass is 10.3. The molecule has 2 rings (SSSR count). The molecule has 5 nitrogen and oxygen atoms in total. The van der Waals surface area contributed by atoms with Gasteiger partial charge >= 0.3 is 0 Å². The number of aromatic nitrogens is 2. The number of aliphatic hydroxyl groups excluding tert-OH is 1. The SMILES string of the molecule is OCCCNc1cc(Nc2ccccc2F)ncn1. The van der Waals surface area contributed by atoms with Gasteiger partial charge in [-0.25, -0.2) is 14.4 Å². The third kappa shape index (κ3) is 3.89. The van der Waals surface area contributed by atoms with Crippen LogP contribution in [0.15, 0.2) is 36.7 Å². The van der Waals surface area contributed by atoms with E-state index in [1.807, 2.05) is 0 Å². The molecule has 0 saturated heterocycles. The fraction of sp³-hybridized carbons (Fsp3) is 0.231. The summed E-state index contributed by atoms with van der Waals surface area (Å²) in [5.74, 6) is 0.796. The van der Waals surface area contributed by atoms with Crippen LogP contribution in [0.4, 0.5) is 21.7 Å². The molecule has 0 radical (unpaired) electrons. The average Bonchev–Trinajstić information content (AvgIpc) is 2.42. The summed E-state index contributed by atoms with van der Waals surface area (Å²) in [6, 6.07) is 8.07. The molecule has 0 aliphatic rings. The number of hydrogen-bond donors (Lipinski definition) is 3. The molecule has 6 heteroatoms. The van der Waals surface area contributed by atoms with E-state index < -0.39 is 0 Å². The molecular weight excluding hydrogens is 247 g/mol. The van der Waals surface area contributed by atoms with Crippen LogP contribution in [0.2, 0.25) is 0 Å². The number of anilines is 3. The minimum atomic E-state index is -0.337. The van der Waals surface area contributed by atoms with Crippen LogP contribution in [-0.2, 0) is 0 Å². The number of hydrogen-bond acceptors (Lipinski definition) is 5. The van der Waals surface area contributed by atoms with E-state index in [9.17, 15) is 4.39 Å². The third-order valence-corrected chi connectivity index (χ3v) is 2.44. The smallest absolute Gasteiger partial charge is 0.146 e.